The third-order valence-corrected chi connectivity index (χ3v) is 0. The number of rotatable bonds is 0. The van der Waals surface area contributed by atoms with E-state index in [1.807, 2.05) is 0 Å². The van der Waals surface area contributed by atoms with Crippen LogP contribution in [0.2, 0.25) is 0 Å². The lowest BCUT2D eigenvalue weighted by Gasteiger charge is -1.32. The standard InChI is InChI=1S/Al.HNO2.H4Si.3H/c;2-1-3;;;;/h;(H,2,3);1H4;;;. The van der Waals surface area contributed by atoms with Gasteiger partial charge in [0.05, 0.1) is 0 Å². The number of hydrogen-bond acceptors (Lipinski definition) is 2. The van der Waals surface area contributed by atoms with E-state index in [1.54, 1.807) is 0 Å². The molecule has 0 saturated carbocycles. The molecule has 5 heteroatoms. The molecule has 0 amide bonds. The van der Waals surface area contributed by atoms with Gasteiger partial charge in [0.25, 0.3) is 0 Å². The largest absolute Gasteiger partial charge is 0.379 e. The maximum atomic E-state index is 8.11. The second kappa shape index (κ2) is 31.2. The van der Waals surface area contributed by atoms with Crippen molar-refractivity contribution >= 4 is 28.3 Å². The van der Waals surface area contributed by atoms with E-state index in [9.17, 15) is 0 Å². The van der Waals surface area contributed by atoms with Crippen molar-refractivity contribution < 1.29 is 5.21 Å². The third kappa shape index (κ3) is 859. The zero-order chi connectivity index (χ0) is 2.71. The van der Waals surface area contributed by atoms with Crippen LogP contribution in [0.3, 0.4) is 0 Å². The van der Waals surface area contributed by atoms with Gasteiger partial charge in [-0.05, 0) is 11.0 Å². The normalized spacial score (nSPS) is 2.40. The minimum atomic E-state index is 0. The van der Waals surface area contributed by atoms with Gasteiger partial charge in [0.2, 0.25) is 0 Å². The SMILES string of the molecule is O=NO.[AlH3].[SiH4]. The highest BCUT2D eigenvalue weighted by Gasteiger charge is 1.18. The van der Waals surface area contributed by atoms with Crippen molar-refractivity contribution in [3.8, 4) is 0 Å². The van der Waals surface area contributed by atoms with Crippen LogP contribution in [0.25, 0.3) is 0 Å². The first-order valence-electron chi connectivity index (χ1n) is 0.383. The summed E-state index contributed by atoms with van der Waals surface area (Å²) in [5.74, 6) is 0. The molecule has 0 saturated heterocycles. The Morgan fingerprint density at radius 2 is 1.60 bits per heavy atom. The van der Waals surface area contributed by atoms with E-state index in [-0.39, 0.29) is 28.3 Å². The van der Waals surface area contributed by atoms with E-state index in [0.29, 0.717) is 0 Å². The van der Waals surface area contributed by atoms with E-state index < -0.39 is 0 Å². The van der Waals surface area contributed by atoms with Crippen molar-refractivity contribution in [2.24, 2.45) is 5.34 Å². The molecule has 0 aliphatic carbocycles. The molecule has 0 aliphatic heterocycles. The maximum Gasteiger partial charge on any atom is 0.187 e. The smallest absolute Gasteiger partial charge is 0.187 e. The van der Waals surface area contributed by atoms with Crippen molar-refractivity contribution in [3.63, 3.8) is 0 Å². The predicted molar refractivity (Wildman–Crippen MR) is 28.9 cm³/mol. The summed E-state index contributed by atoms with van der Waals surface area (Å²) in [6, 6.07) is 0. The van der Waals surface area contributed by atoms with Crippen LogP contribution in [0.4, 0.5) is 0 Å². The molecule has 0 spiro atoms. The average Bonchev–Trinajstić information content (AvgIpc) is 0.918. The monoisotopic (exact) mass is 109 g/mol. The van der Waals surface area contributed by atoms with Crippen LogP contribution >= 0.6 is 0 Å². The Hall–Kier alpha value is 0.149. The van der Waals surface area contributed by atoms with Gasteiger partial charge in [-0.2, -0.15) is 0 Å². The zero-order valence-corrected chi connectivity index (χ0v) is 1.30. The van der Waals surface area contributed by atoms with Crippen molar-refractivity contribution in [2.45, 2.75) is 0 Å². The number of nitrogens with zero attached hydrogens (tertiary/aromatic N) is 1. The van der Waals surface area contributed by atoms with E-state index in [0.717, 1.165) is 0 Å². The topological polar surface area (TPSA) is 49.7 Å². The fourth-order valence-electron chi connectivity index (χ4n) is 0. The minimum absolute atomic E-state index is 0. The van der Waals surface area contributed by atoms with Crippen molar-refractivity contribution in [1.29, 1.82) is 0 Å². The quantitative estimate of drug-likeness (QED) is 0.212. The predicted octanol–water partition coefficient (Wildman–Crippen LogP) is -2.49. The highest BCUT2D eigenvalue weighted by atomic mass is 28.1. The van der Waals surface area contributed by atoms with Crippen LogP contribution in [0.5, 0.6) is 0 Å². The minimum Gasteiger partial charge on any atom is -0.379 e. The van der Waals surface area contributed by atoms with Crippen LogP contribution in [0, 0.1) is 4.91 Å². The molecule has 3 nitrogen and oxygen atoms in total. The van der Waals surface area contributed by atoms with Crippen LogP contribution < -0.4 is 0 Å². The van der Waals surface area contributed by atoms with E-state index in [4.69, 9.17) is 10.1 Å². The van der Waals surface area contributed by atoms with Gasteiger partial charge in [-0.25, -0.2) is 0 Å². The van der Waals surface area contributed by atoms with Gasteiger partial charge in [-0.3, -0.25) is 0 Å². The van der Waals surface area contributed by atoms with Crippen molar-refractivity contribution in [1.82, 2.24) is 0 Å². The van der Waals surface area contributed by atoms with Crippen LogP contribution in [0.15, 0.2) is 5.34 Å². The van der Waals surface area contributed by atoms with E-state index >= 15 is 0 Å². The lowest BCUT2D eigenvalue weighted by molar-refractivity contribution is 0.312. The second-order valence-corrected chi connectivity index (χ2v) is 0.0816. The molecule has 0 aromatic rings. The molecule has 5 heavy (non-hydrogen) atoms. The molecular weight excluding hydrogens is 101 g/mol. The van der Waals surface area contributed by atoms with Gasteiger partial charge in [0.1, 0.15) is 0 Å². The molecule has 0 rings (SSSR count). The Balaban J connectivity index is -0.0000000200. The molecular formula is H8AlNO2Si. The highest BCUT2D eigenvalue weighted by Crippen LogP contribution is 1.25. The highest BCUT2D eigenvalue weighted by molar-refractivity contribution is 5.76. The molecule has 0 bridgehead atoms. The molecule has 0 fully saturated rings. The molecule has 0 heterocycles. The molecule has 32 valence electrons. The maximum absolute atomic E-state index is 8.11. The molecule has 1 N–H and O–H groups in total. The summed E-state index contributed by atoms with van der Waals surface area (Å²) in [6.07, 6.45) is 0. The summed E-state index contributed by atoms with van der Waals surface area (Å²) in [5, 5.41) is 7.89. The lowest BCUT2D eigenvalue weighted by Crippen LogP contribution is -1.25. The van der Waals surface area contributed by atoms with Gasteiger partial charge in [0, 0.05) is 0 Å². The molecule has 0 aliphatic rings. The fourth-order valence-corrected chi connectivity index (χ4v) is 0. The first kappa shape index (κ1) is 19.2. The summed E-state index contributed by atoms with van der Waals surface area (Å²) in [4.78, 5) is 8.11. The van der Waals surface area contributed by atoms with Gasteiger partial charge in [-0.15, -0.1) is 4.91 Å². The van der Waals surface area contributed by atoms with Crippen LogP contribution in [-0.4, -0.2) is 33.5 Å². The van der Waals surface area contributed by atoms with Gasteiger partial charge < -0.3 is 5.21 Å². The molecule has 0 radical (unpaired) electrons. The fraction of sp³-hybridized carbons (Fsp3) is 0. The first-order valence-corrected chi connectivity index (χ1v) is 0.383. The Morgan fingerprint density at radius 3 is 1.60 bits per heavy atom. The van der Waals surface area contributed by atoms with Crippen LogP contribution in [-0.2, 0) is 0 Å². The summed E-state index contributed by atoms with van der Waals surface area (Å²) < 4.78 is 0. The summed E-state index contributed by atoms with van der Waals surface area (Å²) in [6.45, 7) is 0. The lowest BCUT2D eigenvalue weighted by atomic mass is 13.4. The Kier molecular flexibility index (Phi) is 120. The Morgan fingerprint density at radius 1 is 1.60 bits per heavy atom. The van der Waals surface area contributed by atoms with Crippen molar-refractivity contribution in [2.75, 3.05) is 0 Å². The molecule has 0 unspecified atom stereocenters. The summed E-state index contributed by atoms with van der Waals surface area (Å²) in [5.41, 5.74) is 0. The average molecular weight is 109 g/mol. The Labute approximate surface area is 44.5 Å². The molecule has 0 atom stereocenters. The second-order valence-electron chi connectivity index (χ2n) is 0.0816. The van der Waals surface area contributed by atoms with Gasteiger partial charge >= 0.3 is 0 Å². The molecule has 0 aromatic carbocycles. The van der Waals surface area contributed by atoms with E-state index in [1.165, 1.54) is 5.34 Å². The summed E-state index contributed by atoms with van der Waals surface area (Å²) >= 11 is 0. The van der Waals surface area contributed by atoms with Gasteiger partial charge in [0.15, 0.2) is 22.7 Å². The van der Waals surface area contributed by atoms with Gasteiger partial charge in [-0.1, -0.05) is 0 Å². The first-order chi connectivity index (χ1) is 1.41. The van der Waals surface area contributed by atoms with E-state index in [2.05, 4.69) is 0 Å². The zero-order valence-electron chi connectivity index (χ0n) is 1.30. The van der Waals surface area contributed by atoms with Crippen molar-refractivity contribution in [3.05, 3.63) is 4.91 Å². The number of hydrogen-bond donors (Lipinski definition) is 1. The summed E-state index contributed by atoms with van der Waals surface area (Å²) in [7, 11) is 0. The Bertz CT molecular complexity index is 17.1. The van der Waals surface area contributed by atoms with Crippen LogP contribution in [0.1, 0.15) is 0 Å². The molecule has 0 aromatic heterocycles. The third-order valence-electron chi connectivity index (χ3n) is 0.